The van der Waals surface area contributed by atoms with Crippen molar-refractivity contribution >= 4 is 0 Å². The summed E-state index contributed by atoms with van der Waals surface area (Å²) in [6, 6.07) is 0. The Bertz CT molecular complexity index is 684. The molecule has 1 fully saturated rings. The minimum Gasteiger partial charge on any atom is -0.474 e. The largest absolute Gasteiger partial charge is 0.474 e. The minimum atomic E-state index is -4.96. The van der Waals surface area contributed by atoms with Crippen molar-refractivity contribution in [2.75, 3.05) is 0 Å². The van der Waals surface area contributed by atoms with Crippen LogP contribution in [0, 0.1) is 0 Å². The summed E-state index contributed by atoms with van der Waals surface area (Å²) in [4.78, 5) is 3.55. The zero-order valence-corrected chi connectivity index (χ0v) is 12.9. The lowest BCUT2D eigenvalue weighted by molar-refractivity contribution is -0.143. The van der Waals surface area contributed by atoms with E-state index in [2.05, 4.69) is 11.6 Å². The van der Waals surface area contributed by atoms with Crippen LogP contribution in [-0.4, -0.2) is 28.3 Å². The number of aliphatic hydroxyl groups excluding tert-OH is 1. The molecule has 1 N–H and O–H groups in total. The molecular weight excluding hydrogens is 352 g/mol. The van der Waals surface area contributed by atoms with Gasteiger partial charge in [0.15, 0.2) is 0 Å². The number of hydrogen-bond acceptors (Lipinski definition) is 3. The van der Waals surface area contributed by atoms with Crippen LogP contribution in [-0.2, 0) is 6.18 Å². The Morgan fingerprint density at radius 2 is 1.96 bits per heavy atom. The molecule has 0 amide bonds. The predicted octanol–water partition coefficient (Wildman–Crippen LogP) is 4.32. The molecular formula is C16H15F6NO2. The van der Waals surface area contributed by atoms with Crippen LogP contribution >= 0.6 is 0 Å². The van der Waals surface area contributed by atoms with Crippen LogP contribution in [0.4, 0.5) is 26.3 Å². The smallest absolute Gasteiger partial charge is 0.418 e. The number of allylic oxidation sites excluding steroid dienone is 1. The van der Waals surface area contributed by atoms with Crippen molar-refractivity contribution in [3.05, 3.63) is 35.5 Å². The fourth-order valence-corrected chi connectivity index (χ4v) is 3.25. The van der Waals surface area contributed by atoms with E-state index in [9.17, 15) is 31.4 Å². The van der Waals surface area contributed by atoms with Crippen molar-refractivity contribution in [2.45, 2.75) is 55.7 Å². The van der Waals surface area contributed by atoms with Crippen LogP contribution in [0.25, 0.3) is 0 Å². The van der Waals surface area contributed by atoms with Gasteiger partial charge in [0, 0.05) is 30.2 Å². The first-order valence-electron chi connectivity index (χ1n) is 7.64. The number of halogens is 6. The second kappa shape index (κ2) is 5.89. The minimum absolute atomic E-state index is 0.0164. The van der Waals surface area contributed by atoms with Gasteiger partial charge in [-0.2, -0.15) is 13.2 Å². The van der Waals surface area contributed by atoms with Crippen LogP contribution in [0.3, 0.4) is 0 Å². The molecule has 1 aromatic heterocycles. The number of alkyl halides is 6. The first-order valence-corrected chi connectivity index (χ1v) is 7.64. The Morgan fingerprint density at radius 1 is 1.32 bits per heavy atom. The second-order valence-electron chi connectivity index (χ2n) is 6.26. The van der Waals surface area contributed by atoms with Crippen LogP contribution < -0.4 is 4.74 Å². The Hall–Kier alpha value is -1.77. The summed E-state index contributed by atoms with van der Waals surface area (Å²) in [6.07, 6.45) is -8.16. The molecule has 2 aliphatic carbocycles. The SMILES string of the molecule is C=CC[C@@H]1c2c(OC3CC(F)C3)ncc(C(F)(F)F)c2[C@H](O)C1(F)F. The summed E-state index contributed by atoms with van der Waals surface area (Å²) in [6.45, 7) is 3.34. The molecule has 1 heterocycles. The highest BCUT2D eigenvalue weighted by molar-refractivity contribution is 5.51. The van der Waals surface area contributed by atoms with E-state index in [4.69, 9.17) is 4.74 Å². The molecule has 0 spiro atoms. The maximum Gasteiger partial charge on any atom is 0.418 e. The Labute approximate surface area is 139 Å². The van der Waals surface area contributed by atoms with E-state index < -0.39 is 59.0 Å². The summed E-state index contributed by atoms with van der Waals surface area (Å²) < 4.78 is 86.7. The maximum atomic E-state index is 14.4. The molecule has 25 heavy (non-hydrogen) atoms. The fraction of sp³-hybridized carbons (Fsp3) is 0.562. The topological polar surface area (TPSA) is 42.4 Å². The van der Waals surface area contributed by atoms with Crippen molar-refractivity contribution in [3.63, 3.8) is 0 Å². The van der Waals surface area contributed by atoms with E-state index in [0.717, 1.165) is 6.08 Å². The monoisotopic (exact) mass is 367 g/mol. The third-order valence-electron chi connectivity index (χ3n) is 4.60. The molecule has 1 saturated carbocycles. The Kier molecular flexibility index (Phi) is 4.25. The standard InChI is InChI=1S/C16H15F6NO2/c1-2-3-9-12-11(13(24)15(9,18)19)10(16(20,21)22)6-23-14(12)25-8-4-7(17)5-8/h2,6-9,13,24H,1,3-5H2/t7?,8?,9-,13+/m1/s1. The van der Waals surface area contributed by atoms with E-state index in [1.807, 2.05) is 0 Å². The molecule has 0 saturated heterocycles. The molecule has 0 unspecified atom stereocenters. The molecule has 9 heteroatoms. The van der Waals surface area contributed by atoms with E-state index in [-0.39, 0.29) is 19.3 Å². The average molecular weight is 367 g/mol. The van der Waals surface area contributed by atoms with Crippen molar-refractivity contribution in [2.24, 2.45) is 0 Å². The Balaban J connectivity index is 2.13. The van der Waals surface area contributed by atoms with Gasteiger partial charge in [-0.15, -0.1) is 6.58 Å². The number of aromatic nitrogens is 1. The van der Waals surface area contributed by atoms with Gasteiger partial charge < -0.3 is 9.84 Å². The van der Waals surface area contributed by atoms with Gasteiger partial charge in [0.1, 0.15) is 18.4 Å². The van der Waals surface area contributed by atoms with Gasteiger partial charge >= 0.3 is 6.18 Å². The van der Waals surface area contributed by atoms with E-state index in [1.165, 1.54) is 0 Å². The lowest BCUT2D eigenvalue weighted by atomic mass is 9.92. The zero-order valence-electron chi connectivity index (χ0n) is 12.9. The molecule has 1 aromatic rings. The predicted molar refractivity (Wildman–Crippen MR) is 75.2 cm³/mol. The lowest BCUT2D eigenvalue weighted by Gasteiger charge is -2.31. The molecule has 0 bridgehead atoms. The Morgan fingerprint density at radius 3 is 2.48 bits per heavy atom. The molecule has 2 atom stereocenters. The summed E-state index contributed by atoms with van der Waals surface area (Å²) in [5.74, 6) is -6.00. The highest BCUT2D eigenvalue weighted by Gasteiger charge is 2.59. The number of rotatable bonds is 4. The molecule has 3 nitrogen and oxygen atoms in total. The van der Waals surface area contributed by atoms with E-state index in [1.54, 1.807) is 0 Å². The zero-order chi connectivity index (χ0) is 18.6. The summed E-state index contributed by atoms with van der Waals surface area (Å²) in [5, 5.41) is 9.89. The molecule has 138 valence electrons. The lowest BCUT2D eigenvalue weighted by Crippen LogP contribution is -2.35. The van der Waals surface area contributed by atoms with Gasteiger partial charge in [-0.25, -0.2) is 18.2 Å². The first-order chi connectivity index (χ1) is 11.6. The highest BCUT2D eigenvalue weighted by Crippen LogP contribution is 2.58. The average Bonchev–Trinajstić information content (AvgIpc) is 2.67. The van der Waals surface area contributed by atoms with Crippen molar-refractivity contribution in [3.8, 4) is 5.88 Å². The number of pyridine rings is 1. The third kappa shape index (κ3) is 2.88. The number of hydrogen-bond donors (Lipinski definition) is 1. The van der Waals surface area contributed by atoms with Crippen LogP contribution in [0.5, 0.6) is 5.88 Å². The first kappa shape index (κ1) is 18.0. The van der Waals surface area contributed by atoms with Gasteiger partial charge in [-0.3, -0.25) is 0 Å². The molecule has 0 aromatic carbocycles. The maximum absolute atomic E-state index is 14.4. The van der Waals surface area contributed by atoms with Gasteiger partial charge in [0.05, 0.1) is 11.5 Å². The van der Waals surface area contributed by atoms with Gasteiger partial charge in [0.2, 0.25) is 5.88 Å². The third-order valence-corrected chi connectivity index (χ3v) is 4.60. The van der Waals surface area contributed by atoms with Crippen LogP contribution in [0.1, 0.15) is 48.0 Å². The van der Waals surface area contributed by atoms with E-state index in [0.29, 0.717) is 6.20 Å². The summed E-state index contributed by atoms with van der Waals surface area (Å²) >= 11 is 0. The normalized spacial score (nSPS) is 30.5. The molecule has 2 aliphatic rings. The number of ether oxygens (including phenoxy) is 1. The molecule has 0 aliphatic heterocycles. The van der Waals surface area contributed by atoms with E-state index >= 15 is 0 Å². The molecule has 3 rings (SSSR count). The van der Waals surface area contributed by atoms with Gasteiger partial charge in [-0.1, -0.05) is 6.08 Å². The summed E-state index contributed by atoms with van der Waals surface area (Å²) in [5.41, 5.74) is -2.83. The van der Waals surface area contributed by atoms with Gasteiger partial charge in [0.25, 0.3) is 5.92 Å². The van der Waals surface area contributed by atoms with Crippen LogP contribution in [0.15, 0.2) is 18.9 Å². The number of aliphatic hydroxyl groups is 1. The highest BCUT2D eigenvalue weighted by atomic mass is 19.4. The number of fused-ring (bicyclic) bond motifs is 1. The van der Waals surface area contributed by atoms with Crippen molar-refractivity contribution < 1.29 is 36.2 Å². The quantitative estimate of drug-likeness (QED) is 0.637. The van der Waals surface area contributed by atoms with Crippen molar-refractivity contribution in [1.29, 1.82) is 0 Å². The fourth-order valence-electron chi connectivity index (χ4n) is 3.25. The number of nitrogens with zero attached hydrogens (tertiary/aromatic N) is 1. The van der Waals surface area contributed by atoms with Crippen LogP contribution in [0.2, 0.25) is 0 Å². The summed E-state index contributed by atoms with van der Waals surface area (Å²) in [7, 11) is 0. The second-order valence-corrected chi connectivity index (χ2v) is 6.26. The molecule has 0 radical (unpaired) electrons. The van der Waals surface area contributed by atoms with Gasteiger partial charge in [-0.05, 0) is 6.42 Å². The van der Waals surface area contributed by atoms with Crippen molar-refractivity contribution in [1.82, 2.24) is 4.98 Å².